The second-order valence-electron chi connectivity index (χ2n) is 8.63. The third kappa shape index (κ3) is 6.38. The van der Waals surface area contributed by atoms with Crippen molar-refractivity contribution in [3.63, 3.8) is 0 Å². The van der Waals surface area contributed by atoms with Gasteiger partial charge in [-0.05, 0) is 68.4 Å². The van der Waals surface area contributed by atoms with E-state index in [0.29, 0.717) is 17.1 Å². The average molecular weight is 545 g/mol. The molecule has 0 aliphatic heterocycles. The van der Waals surface area contributed by atoms with Crippen LogP contribution >= 0.6 is 0 Å². The van der Waals surface area contributed by atoms with Crippen LogP contribution in [-0.2, 0) is 6.61 Å². The van der Waals surface area contributed by atoms with E-state index in [1.807, 2.05) is 24.3 Å². The van der Waals surface area contributed by atoms with Crippen molar-refractivity contribution in [2.75, 3.05) is 13.7 Å². The van der Waals surface area contributed by atoms with E-state index < -0.39 is 10.8 Å². The lowest BCUT2D eigenvalue weighted by Crippen LogP contribution is -2.16. The molecule has 1 N–H and O–H groups in total. The van der Waals surface area contributed by atoms with Gasteiger partial charge in [0.05, 0.1) is 18.2 Å². The van der Waals surface area contributed by atoms with Crippen LogP contribution in [-0.4, -0.2) is 35.3 Å². The summed E-state index contributed by atoms with van der Waals surface area (Å²) in [5.41, 5.74) is 5.67. The number of aromatic nitrogens is 1. The van der Waals surface area contributed by atoms with Crippen LogP contribution in [0.5, 0.6) is 17.2 Å². The second-order valence-corrected chi connectivity index (χ2v) is 8.63. The van der Waals surface area contributed by atoms with Crippen LogP contribution in [0.15, 0.2) is 82.8 Å². The van der Waals surface area contributed by atoms with Crippen molar-refractivity contribution in [2.45, 2.75) is 20.5 Å². The van der Waals surface area contributed by atoms with Crippen LogP contribution in [0.2, 0.25) is 0 Å². The molecule has 0 unspecified atom stereocenters. The minimum absolute atomic E-state index is 0.0269. The Balaban J connectivity index is 1.35. The van der Waals surface area contributed by atoms with Crippen LogP contribution in [0.3, 0.4) is 0 Å². The predicted molar refractivity (Wildman–Crippen MR) is 149 cm³/mol. The molecule has 0 saturated carbocycles. The Kier molecular flexibility index (Phi) is 8.65. The number of amides is 1. The van der Waals surface area contributed by atoms with Crippen LogP contribution in [0.4, 0.5) is 5.69 Å². The first kappa shape index (κ1) is 27.7. The van der Waals surface area contributed by atoms with Gasteiger partial charge in [-0.3, -0.25) is 14.9 Å². The Morgan fingerprint density at radius 1 is 1.10 bits per heavy atom. The number of methoxy groups -OCH3 is 1. The highest BCUT2D eigenvalue weighted by atomic mass is 16.6. The number of benzene rings is 2. The van der Waals surface area contributed by atoms with E-state index in [1.165, 1.54) is 37.6 Å². The maximum atomic E-state index is 12.5. The van der Waals surface area contributed by atoms with Crippen molar-refractivity contribution in [3.05, 3.63) is 112 Å². The lowest BCUT2D eigenvalue weighted by atomic mass is 10.2. The van der Waals surface area contributed by atoms with Crippen LogP contribution in [0, 0.1) is 24.0 Å². The van der Waals surface area contributed by atoms with Crippen molar-refractivity contribution in [2.24, 2.45) is 5.10 Å². The zero-order valence-corrected chi connectivity index (χ0v) is 22.2. The van der Waals surface area contributed by atoms with Gasteiger partial charge in [0.15, 0.2) is 11.5 Å². The number of ether oxygens (including phenoxy) is 3. The lowest BCUT2D eigenvalue weighted by Gasteiger charge is -2.10. The van der Waals surface area contributed by atoms with Gasteiger partial charge in [0.25, 0.3) is 0 Å². The van der Waals surface area contributed by atoms with Gasteiger partial charge in [0.1, 0.15) is 24.7 Å². The molecular weight excluding hydrogens is 516 g/mol. The fourth-order valence-corrected chi connectivity index (χ4v) is 3.98. The molecule has 2 heterocycles. The molecule has 0 saturated heterocycles. The minimum atomic E-state index is -0.600. The van der Waals surface area contributed by atoms with E-state index >= 15 is 0 Å². The summed E-state index contributed by atoms with van der Waals surface area (Å²) in [5.74, 6) is 0.651. The number of rotatable bonds is 12. The Bertz CT molecular complexity index is 1530. The summed E-state index contributed by atoms with van der Waals surface area (Å²) >= 11 is 0. The number of hydrogen-bond donors (Lipinski definition) is 1. The highest BCUT2D eigenvalue weighted by molar-refractivity contribution is 5.92. The van der Waals surface area contributed by atoms with Crippen molar-refractivity contribution in [1.82, 2.24) is 9.99 Å². The molecular formula is C29H28N4O7. The molecule has 4 aromatic rings. The van der Waals surface area contributed by atoms with Crippen molar-refractivity contribution >= 4 is 17.8 Å². The topological polar surface area (TPSA) is 130 Å². The van der Waals surface area contributed by atoms with Gasteiger partial charge in [0, 0.05) is 28.7 Å². The minimum Gasteiger partial charge on any atom is -0.493 e. The number of nitrogens with zero attached hydrogens (tertiary/aromatic N) is 3. The number of furan rings is 1. The molecule has 4 rings (SSSR count). The number of carbonyl (C=O) groups is 1. The number of hydrogen-bond acceptors (Lipinski definition) is 8. The normalized spacial score (nSPS) is 10.9. The summed E-state index contributed by atoms with van der Waals surface area (Å²) in [5, 5.41) is 15.4. The number of aryl methyl sites for hydroxylation is 2. The summed E-state index contributed by atoms with van der Waals surface area (Å²) < 4.78 is 24.1. The highest BCUT2D eigenvalue weighted by Crippen LogP contribution is 2.38. The quantitative estimate of drug-likeness (QED) is 0.108. The summed E-state index contributed by atoms with van der Waals surface area (Å²) in [4.78, 5) is 23.4. The van der Waals surface area contributed by atoms with Crippen LogP contribution in [0.1, 0.15) is 33.3 Å². The van der Waals surface area contributed by atoms with E-state index in [-0.39, 0.29) is 36.2 Å². The monoisotopic (exact) mass is 544 g/mol. The smallest absolute Gasteiger partial charge is 0.315 e. The zero-order valence-electron chi connectivity index (χ0n) is 22.2. The molecule has 0 radical (unpaired) electrons. The average Bonchev–Trinajstić information content (AvgIpc) is 3.56. The third-order valence-corrected chi connectivity index (χ3v) is 5.83. The Morgan fingerprint density at radius 2 is 1.82 bits per heavy atom. The van der Waals surface area contributed by atoms with Gasteiger partial charge in [-0.15, -0.1) is 0 Å². The highest BCUT2D eigenvalue weighted by Gasteiger charge is 2.22. The number of nitro benzene ring substituents is 1. The van der Waals surface area contributed by atoms with Gasteiger partial charge in [-0.25, -0.2) is 5.43 Å². The molecule has 0 bridgehead atoms. The van der Waals surface area contributed by atoms with E-state index in [0.717, 1.165) is 17.1 Å². The Hall–Kier alpha value is -5.32. The Morgan fingerprint density at radius 3 is 2.48 bits per heavy atom. The fourth-order valence-electron chi connectivity index (χ4n) is 3.98. The van der Waals surface area contributed by atoms with Gasteiger partial charge >= 0.3 is 11.6 Å². The molecule has 0 aliphatic carbocycles. The zero-order chi connectivity index (χ0) is 28.6. The van der Waals surface area contributed by atoms with Gasteiger partial charge in [-0.1, -0.05) is 12.7 Å². The maximum Gasteiger partial charge on any atom is 0.315 e. The predicted octanol–water partition coefficient (Wildman–Crippen LogP) is 5.51. The molecule has 0 atom stereocenters. The lowest BCUT2D eigenvalue weighted by molar-refractivity contribution is -0.385. The van der Waals surface area contributed by atoms with Crippen molar-refractivity contribution < 1.29 is 28.3 Å². The summed E-state index contributed by atoms with van der Waals surface area (Å²) in [6, 6.07) is 17.7. The summed E-state index contributed by atoms with van der Waals surface area (Å²) in [6.45, 7) is 7.83. The molecule has 2 aromatic heterocycles. The molecule has 0 spiro atoms. The number of nitro groups is 1. The van der Waals surface area contributed by atoms with Crippen molar-refractivity contribution in [1.29, 1.82) is 0 Å². The standard InChI is InChI=1S/C29H28N4O7/c1-5-14-38-28-25(33(35)36)15-21(16-27(28)37-4)17-30-31-29(34)26-13-12-24(40-26)18-39-23-10-8-22(9-11-23)32-19(2)6-7-20(32)3/h5-13,15-17H,1,14,18H2,2-4H3,(H,31,34)/b30-17+. The summed E-state index contributed by atoms with van der Waals surface area (Å²) in [6.07, 6.45) is 2.71. The number of carbonyl (C=O) groups excluding carboxylic acids is 1. The van der Waals surface area contributed by atoms with E-state index in [2.05, 4.69) is 47.7 Å². The SMILES string of the molecule is C=CCOc1c(OC)cc(/C=N/NC(=O)c2ccc(COc3ccc(-n4c(C)ccc4C)cc3)o2)cc1[N+](=O)[O-]. The van der Waals surface area contributed by atoms with Crippen LogP contribution < -0.4 is 19.6 Å². The Labute approximate surface area is 230 Å². The van der Waals surface area contributed by atoms with Gasteiger partial charge < -0.3 is 23.2 Å². The number of hydrazone groups is 1. The third-order valence-electron chi connectivity index (χ3n) is 5.83. The van der Waals surface area contributed by atoms with E-state index in [1.54, 1.807) is 6.07 Å². The van der Waals surface area contributed by atoms with E-state index in [9.17, 15) is 14.9 Å². The molecule has 40 heavy (non-hydrogen) atoms. The van der Waals surface area contributed by atoms with E-state index in [4.69, 9.17) is 18.6 Å². The summed E-state index contributed by atoms with van der Waals surface area (Å²) in [7, 11) is 1.36. The molecule has 11 nitrogen and oxygen atoms in total. The molecule has 206 valence electrons. The van der Waals surface area contributed by atoms with Crippen molar-refractivity contribution in [3.8, 4) is 22.9 Å². The van der Waals surface area contributed by atoms with Gasteiger partial charge in [-0.2, -0.15) is 5.10 Å². The number of nitrogens with one attached hydrogen (secondary N) is 1. The first-order valence-electron chi connectivity index (χ1n) is 12.2. The molecule has 0 aliphatic rings. The molecule has 1 amide bonds. The molecule has 0 fully saturated rings. The second kappa shape index (κ2) is 12.5. The largest absolute Gasteiger partial charge is 0.493 e. The first-order chi connectivity index (χ1) is 19.3. The molecule has 11 heteroatoms. The first-order valence-corrected chi connectivity index (χ1v) is 12.2. The fraction of sp³-hybridized carbons (Fsp3) is 0.172. The van der Waals surface area contributed by atoms with Crippen LogP contribution in [0.25, 0.3) is 5.69 Å². The van der Waals surface area contributed by atoms with Gasteiger partial charge in [0.2, 0.25) is 5.75 Å². The maximum absolute atomic E-state index is 12.5. The molecule has 2 aromatic carbocycles.